The molecular formula is C12H24ClN3O2. The lowest BCUT2D eigenvalue weighted by atomic mass is 10.0. The van der Waals surface area contributed by atoms with Gasteiger partial charge in [0.2, 0.25) is 5.91 Å². The van der Waals surface area contributed by atoms with Gasteiger partial charge in [-0.15, -0.1) is 12.4 Å². The second-order valence-electron chi connectivity index (χ2n) is 4.93. The second kappa shape index (κ2) is 7.94. The van der Waals surface area contributed by atoms with Crippen LogP contribution in [-0.4, -0.2) is 63.3 Å². The molecule has 2 fully saturated rings. The van der Waals surface area contributed by atoms with Crippen molar-refractivity contribution < 1.29 is 9.53 Å². The van der Waals surface area contributed by atoms with Crippen molar-refractivity contribution in [3.05, 3.63) is 0 Å². The molecule has 0 aliphatic carbocycles. The molecule has 2 heterocycles. The highest BCUT2D eigenvalue weighted by molar-refractivity contribution is 5.85. The predicted octanol–water partition coefficient (Wildman–Crippen LogP) is -0.145. The number of hydrogen-bond acceptors (Lipinski definition) is 4. The molecule has 0 saturated carbocycles. The number of nitrogens with zero attached hydrogens (tertiary/aromatic N) is 1. The first-order chi connectivity index (χ1) is 8.31. The van der Waals surface area contributed by atoms with Crippen molar-refractivity contribution in [1.29, 1.82) is 0 Å². The molecule has 1 unspecified atom stereocenters. The Hall–Kier alpha value is -0.360. The Morgan fingerprint density at radius 2 is 2.28 bits per heavy atom. The maximum atomic E-state index is 11.7. The first kappa shape index (κ1) is 15.7. The lowest BCUT2D eigenvalue weighted by Crippen LogP contribution is -2.52. The molecule has 0 spiro atoms. The zero-order valence-corrected chi connectivity index (χ0v) is 11.8. The van der Waals surface area contributed by atoms with Gasteiger partial charge in [-0.2, -0.15) is 0 Å². The smallest absolute Gasteiger partial charge is 0.225 e. The first-order valence-corrected chi connectivity index (χ1v) is 6.52. The predicted molar refractivity (Wildman–Crippen MR) is 73.1 cm³/mol. The van der Waals surface area contributed by atoms with Crippen molar-refractivity contribution in [2.45, 2.75) is 18.9 Å². The first-order valence-electron chi connectivity index (χ1n) is 6.52. The van der Waals surface area contributed by atoms with Crippen molar-refractivity contribution in [3.8, 4) is 0 Å². The standard InChI is InChI=1S/C12H23N3O2.ClH/c1-17-6-5-15-4-2-3-11(15)9-14-12(16)10-7-13-8-10;/h10-11,13H,2-9H2,1H3,(H,14,16);1H. The number of carbonyl (C=O) groups is 1. The molecule has 106 valence electrons. The van der Waals surface area contributed by atoms with Gasteiger partial charge in [0.05, 0.1) is 12.5 Å². The average molecular weight is 278 g/mol. The molecule has 5 nitrogen and oxygen atoms in total. The summed E-state index contributed by atoms with van der Waals surface area (Å²) in [6, 6.07) is 0.502. The molecule has 1 amide bonds. The van der Waals surface area contributed by atoms with E-state index in [1.165, 1.54) is 12.8 Å². The van der Waals surface area contributed by atoms with Crippen LogP contribution in [0.2, 0.25) is 0 Å². The molecule has 0 bridgehead atoms. The van der Waals surface area contributed by atoms with Gasteiger partial charge in [-0.05, 0) is 19.4 Å². The SMILES string of the molecule is COCCN1CCCC1CNC(=O)C1CNC1.Cl. The number of rotatable bonds is 6. The molecule has 0 aromatic carbocycles. The number of amides is 1. The van der Waals surface area contributed by atoms with Gasteiger partial charge < -0.3 is 15.4 Å². The van der Waals surface area contributed by atoms with Crippen LogP contribution in [0.1, 0.15) is 12.8 Å². The average Bonchev–Trinajstić information content (AvgIpc) is 2.68. The molecule has 2 aliphatic rings. The van der Waals surface area contributed by atoms with Crippen molar-refractivity contribution >= 4 is 18.3 Å². The van der Waals surface area contributed by atoms with Crippen molar-refractivity contribution in [3.63, 3.8) is 0 Å². The van der Waals surface area contributed by atoms with Gasteiger partial charge in [0, 0.05) is 39.3 Å². The zero-order chi connectivity index (χ0) is 12.1. The van der Waals surface area contributed by atoms with E-state index in [1.807, 2.05) is 0 Å². The van der Waals surface area contributed by atoms with Gasteiger partial charge in [-0.1, -0.05) is 0 Å². The number of carbonyl (C=O) groups excluding carboxylic acids is 1. The van der Waals surface area contributed by atoms with Crippen molar-refractivity contribution in [1.82, 2.24) is 15.5 Å². The summed E-state index contributed by atoms with van der Waals surface area (Å²) in [4.78, 5) is 14.1. The molecule has 1 atom stereocenters. The van der Waals surface area contributed by atoms with E-state index in [9.17, 15) is 4.79 Å². The van der Waals surface area contributed by atoms with E-state index in [0.29, 0.717) is 6.04 Å². The fourth-order valence-electron chi connectivity index (χ4n) is 2.47. The molecule has 0 aromatic rings. The summed E-state index contributed by atoms with van der Waals surface area (Å²) in [6.07, 6.45) is 2.42. The third-order valence-electron chi connectivity index (χ3n) is 3.75. The number of hydrogen-bond donors (Lipinski definition) is 2. The number of ether oxygens (including phenoxy) is 1. The van der Waals surface area contributed by atoms with Crippen LogP contribution >= 0.6 is 12.4 Å². The summed E-state index contributed by atoms with van der Waals surface area (Å²) in [7, 11) is 1.73. The molecule has 6 heteroatoms. The van der Waals surface area contributed by atoms with Crippen LogP contribution < -0.4 is 10.6 Å². The Morgan fingerprint density at radius 3 is 2.89 bits per heavy atom. The van der Waals surface area contributed by atoms with E-state index in [2.05, 4.69) is 15.5 Å². The van der Waals surface area contributed by atoms with E-state index in [0.717, 1.165) is 39.3 Å². The highest BCUT2D eigenvalue weighted by Gasteiger charge is 2.28. The van der Waals surface area contributed by atoms with Crippen LogP contribution in [-0.2, 0) is 9.53 Å². The van der Waals surface area contributed by atoms with E-state index in [-0.39, 0.29) is 24.2 Å². The summed E-state index contributed by atoms with van der Waals surface area (Å²) in [5.74, 6) is 0.408. The van der Waals surface area contributed by atoms with E-state index < -0.39 is 0 Å². The Kier molecular flexibility index (Phi) is 6.92. The fourth-order valence-corrected chi connectivity index (χ4v) is 2.47. The minimum absolute atomic E-state index is 0. The molecule has 2 rings (SSSR count). The zero-order valence-electron chi connectivity index (χ0n) is 11.0. The lowest BCUT2D eigenvalue weighted by Gasteiger charge is -2.28. The quantitative estimate of drug-likeness (QED) is 0.709. The highest BCUT2D eigenvalue weighted by Crippen LogP contribution is 2.16. The second-order valence-corrected chi connectivity index (χ2v) is 4.93. The fraction of sp³-hybridized carbons (Fsp3) is 0.917. The van der Waals surface area contributed by atoms with Gasteiger partial charge >= 0.3 is 0 Å². The maximum Gasteiger partial charge on any atom is 0.225 e. The molecular weight excluding hydrogens is 254 g/mol. The number of nitrogens with one attached hydrogen (secondary N) is 2. The third kappa shape index (κ3) is 4.09. The minimum atomic E-state index is 0. The molecule has 2 N–H and O–H groups in total. The van der Waals surface area contributed by atoms with Gasteiger partial charge in [-0.25, -0.2) is 0 Å². The maximum absolute atomic E-state index is 11.7. The highest BCUT2D eigenvalue weighted by atomic mass is 35.5. The summed E-state index contributed by atoms with van der Waals surface area (Å²) in [5.41, 5.74) is 0. The van der Waals surface area contributed by atoms with Crippen LogP contribution in [0.15, 0.2) is 0 Å². The van der Waals surface area contributed by atoms with E-state index in [1.54, 1.807) is 7.11 Å². The molecule has 18 heavy (non-hydrogen) atoms. The number of likely N-dealkylation sites (tertiary alicyclic amines) is 1. The van der Waals surface area contributed by atoms with Crippen LogP contribution in [0.3, 0.4) is 0 Å². The molecule has 2 saturated heterocycles. The van der Waals surface area contributed by atoms with Crippen molar-refractivity contribution in [2.75, 3.05) is 46.4 Å². The summed E-state index contributed by atoms with van der Waals surface area (Å²) < 4.78 is 5.11. The largest absolute Gasteiger partial charge is 0.383 e. The Balaban J connectivity index is 0.00000162. The van der Waals surface area contributed by atoms with Gasteiger partial charge in [0.15, 0.2) is 0 Å². The van der Waals surface area contributed by atoms with E-state index >= 15 is 0 Å². The Morgan fingerprint density at radius 1 is 1.50 bits per heavy atom. The van der Waals surface area contributed by atoms with Crippen molar-refractivity contribution in [2.24, 2.45) is 5.92 Å². The number of methoxy groups -OCH3 is 1. The van der Waals surface area contributed by atoms with Gasteiger partial charge in [0.1, 0.15) is 0 Å². The third-order valence-corrected chi connectivity index (χ3v) is 3.75. The van der Waals surface area contributed by atoms with E-state index in [4.69, 9.17) is 4.74 Å². The molecule has 0 radical (unpaired) electrons. The number of halogens is 1. The normalized spacial score (nSPS) is 24.4. The van der Waals surface area contributed by atoms with Crippen LogP contribution in [0.25, 0.3) is 0 Å². The molecule has 2 aliphatic heterocycles. The molecule has 0 aromatic heterocycles. The van der Waals surface area contributed by atoms with Crippen LogP contribution in [0.5, 0.6) is 0 Å². The Bertz CT molecular complexity index is 262. The Labute approximate surface area is 115 Å². The lowest BCUT2D eigenvalue weighted by molar-refractivity contribution is -0.126. The minimum Gasteiger partial charge on any atom is -0.383 e. The monoisotopic (exact) mass is 277 g/mol. The van der Waals surface area contributed by atoms with Crippen LogP contribution in [0.4, 0.5) is 0 Å². The van der Waals surface area contributed by atoms with Crippen LogP contribution in [0, 0.1) is 5.92 Å². The topological polar surface area (TPSA) is 53.6 Å². The summed E-state index contributed by atoms with van der Waals surface area (Å²) >= 11 is 0. The van der Waals surface area contributed by atoms with Gasteiger partial charge in [-0.3, -0.25) is 9.69 Å². The van der Waals surface area contributed by atoms with Gasteiger partial charge in [0.25, 0.3) is 0 Å². The summed E-state index contributed by atoms with van der Waals surface area (Å²) in [5, 5.41) is 6.19. The summed E-state index contributed by atoms with van der Waals surface area (Å²) in [6.45, 7) is 5.35.